The van der Waals surface area contributed by atoms with Crippen molar-refractivity contribution in [2.75, 3.05) is 40.9 Å². The summed E-state index contributed by atoms with van der Waals surface area (Å²) in [5.74, 6) is -0.173. The van der Waals surface area contributed by atoms with Crippen LogP contribution in [0.15, 0.2) is 24.3 Å². The largest absolute Gasteiger partial charge is 0.472 e. The monoisotopic (exact) mass is 1010 g/mol. The van der Waals surface area contributed by atoms with E-state index in [0.29, 0.717) is 17.4 Å². The molecular weight excluding hydrogens is 888 g/mol. The molecule has 0 aliphatic heterocycles. The van der Waals surface area contributed by atoms with Crippen molar-refractivity contribution in [1.82, 2.24) is 5.32 Å². The summed E-state index contributed by atoms with van der Waals surface area (Å²) >= 11 is 0. The van der Waals surface area contributed by atoms with E-state index in [9.17, 15) is 19.4 Å². The summed E-state index contributed by atoms with van der Waals surface area (Å²) in [6.45, 7) is 4.86. The van der Waals surface area contributed by atoms with Crippen LogP contribution < -0.4 is 5.32 Å². The number of carbonyl (C=O) groups excluding carboxylic acids is 1. The smallest absolute Gasteiger partial charge is 0.387 e. The molecule has 0 fully saturated rings. The fourth-order valence-electron chi connectivity index (χ4n) is 9.33. The molecule has 0 aliphatic rings. The SMILES string of the molecule is CCCCCCCCCC/C=C\CCCCCCCCCCCCCC(=O)NC(COP(=O)(O)OCC[N+](C)(C)C)C(O)/C=C/CCCCCCCCCCCCCCCCCCCCCCCCC. The third-order valence-electron chi connectivity index (χ3n) is 14.2. The molecule has 0 saturated heterocycles. The lowest BCUT2D eigenvalue weighted by molar-refractivity contribution is -0.870. The lowest BCUT2D eigenvalue weighted by Crippen LogP contribution is -2.45. The van der Waals surface area contributed by atoms with Crippen molar-refractivity contribution in [2.24, 2.45) is 0 Å². The number of hydrogen-bond acceptors (Lipinski definition) is 5. The molecule has 3 N–H and O–H groups in total. The summed E-state index contributed by atoms with van der Waals surface area (Å²) in [6.07, 6.45) is 67.1. The molecule has 416 valence electrons. The van der Waals surface area contributed by atoms with Crippen molar-refractivity contribution in [1.29, 1.82) is 0 Å². The molecule has 0 bridgehead atoms. The molecule has 0 spiro atoms. The minimum Gasteiger partial charge on any atom is -0.387 e. The Morgan fingerprint density at radius 1 is 0.471 bits per heavy atom. The number of amides is 1. The van der Waals surface area contributed by atoms with Crippen LogP contribution in [0.2, 0.25) is 0 Å². The van der Waals surface area contributed by atoms with Gasteiger partial charge in [0.15, 0.2) is 0 Å². The summed E-state index contributed by atoms with van der Waals surface area (Å²) in [6, 6.07) is -0.846. The zero-order valence-corrected chi connectivity index (χ0v) is 48.4. The highest BCUT2D eigenvalue weighted by atomic mass is 31.2. The third-order valence-corrected chi connectivity index (χ3v) is 15.1. The molecule has 0 aromatic heterocycles. The van der Waals surface area contributed by atoms with Crippen LogP contribution in [0.3, 0.4) is 0 Å². The quantitative estimate of drug-likeness (QED) is 0.0243. The Labute approximate surface area is 436 Å². The molecule has 0 radical (unpaired) electrons. The average Bonchev–Trinajstić information content (AvgIpc) is 3.32. The fraction of sp³-hybridized carbons (Fsp3) is 0.918. The Morgan fingerprint density at radius 2 is 0.771 bits per heavy atom. The van der Waals surface area contributed by atoms with Gasteiger partial charge in [0, 0.05) is 6.42 Å². The van der Waals surface area contributed by atoms with E-state index in [4.69, 9.17) is 9.05 Å². The summed E-state index contributed by atoms with van der Waals surface area (Å²) in [4.78, 5) is 23.3. The number of allylic oxidation sites excluding steroid dienone is 3. The number of phosphoric acid groups is 1. The molecular formula is C61H122N2O6P+. The van der Waals surface area contributed by atoms with E-state index in [1.807, 2.05) is 27.2 Å². The molecule has 0 saturated carbocycles. The van der Waals surface area contributed by atoms with Crippen LogP contribution in [0.1, 0.15) is 309 Å². The van der Waals surface area contributed by atoms with E-state index in [2.05, 4.69) is 31.3 Å². The molecule has 0 rings (SSSR count). The van der Waals surface area contributed by atoms with Gasteiger partial charge in [0.25, 0.3) is 0 Å². The Kier molecular flexibility index (Phi) is 52.1. The molecule has 8 nitrogen and oxygen atoms in total. The Morgan fingerprint density at radius 3 is 1.10 bits per heavy atom. The van der Waals surface area contributed by atoms with Gasteiger partial charge in [0.05, 0.1) is 39.9 Å². The molecule has 3 unspecified atom stereocenters. The van der Waals surface area contributed by atoms with Crippen molar-refractivity contribution in [3.05, 3.63) is 24.3 Å². The number of aliphatic hydroxyl groups excluding tert-OH is 1. The molecule has 0 aromatic rings. The second-order valence-corrected chi connectivity index (χ2v) is 23.9. The van der Waals surface area contributed by atoms with E-state index >= 15 is 0 Å². The number of phosphoric ester groups is 1. The summed E-state index contributed by atoms with van der Waals surface area (Å²) in [5, 5.41) is 14.0. The van der Waals surface area contributed by atoms with Crippen molar-refractivity contribution >= 4 is 13.7 Å². The van der Waals surface area contributed by atoms with E-state index in [1.54, 1.807) is 6.08 Å². The number of quaternary nitrogens is 1. The van der Waals surface area contributed by atoms with Gasteiger partial charge < -0.3 is 19.8 Å². The third kappa shape index (κ3) is 54.7. The number of nitrogens with one attached hydrogen (secondary N) is 1. The second-order valence-electron chi connectivity index (χ2n) is 22.4. The number of carbonyl (C=O) groups is 1. The maximum atomic E-state index is 13.0. The summed E-state index contributed by atoms with van der Waals surface area (Å²) < 4.78 is 23.8. The van der Waals surface area contributed by atoms with Crippen LogP contribution in [-0.4, -0.2) is 73.4 Å². The highest BCUT2D eigenvalue weighted by Gasteiger charge is 2.27. The highest BCUT2D eigenvalue weighted by Crippen LogP contribution is 2.43. The minimum atomic E-state index is -4.35. The Bertz CT molecular complexity index is 1190. The first-order valence-corrected chi connectivity index (χ1v) is 32.2. The van der Waals surface area contributed by atoms with Crippen LogP contribution in [0.5, 0.6) is 0 Å². The number of aliphatic hydroxyl groups is 1. The Balaban J connectivity index is 4.16. The highest BCUT2D eigenvalue weighted by molar-refractivity contribution is 7.47. The van der Waals surface area contributed by atoms with Gasteiger partial charge in [-0.25, -0.2) is 4.57 Å². The van der Waals surface area contributed by atoms with Crippen molar-refractivity contribution in [3.63, 3.8) is 0 Å². The van der Waals surface area contributed by atoms with Crippen molar-refractivity contribution < 1.29 is 32.9 Å². The molecule has 70 heavy (non-hydrogen) atoms. The van der Waals surface area contributed by atoms with Crippen LogP contribution in [0.4, 0.5) is 0 Å². The van der Waals surface area contributed by atoms with Crippen LogP contribution in [0, 0.1) is 0 Å². The molecule has 9 heteroatoms. The summed E-state index contributed by atoms with van der Waals surface area (Å²) in [7, 11) is 1.59. The first kappa shape index (κ1) is 69.0. The topological polar surface area (TPSA) is 105 Å². The predicted octanol–water partition coefficient (Wildman–Crippen LogP) is 18.8. The number of hydrogen-bond donors (Lipinski definition) is 3. The van der Waals surface area contributed by atoms with Crippen molar-refractivity contribution in [2.45, 2.75) is 321 Å². The maximum Gasteiger partial charge on any atom is 0.472 e. The Hall–Kier alpha value is -1.02. The van der Waals surface area contributed by atoms with Gasteiger partial charge in [-0.1, -0.05) is 282 Å². The van der Waals surface area contributed by atoms with Crippen LogP contribution >= 0.6 is 7.82 Å². The van der Waals surface area contributed by atoms with E-state index < -0.39 is 20.0 Å². The predicted molar refractivity (Wildman–Crippen MR) is 305 cm³/mol. The second kappa shape index (κ2) is 52.8. The van der Waals surface area contributed by atoms with E-state index in [-0.39, 0.29) is 19.1 Å². The zero-order chi connectivity index (χ0) is 51.3. The normalized spacial score (nSPS) is 14.0. The maximum absolute atomic E-state index is 13.0. The van der Waals surface area contributed by atoms with Gasteiger partial charge in [-0.2, -0.15) is 0 Å². The molecule has 0 aliphatic carbocycles. The van der Waals surface area contributed by atoms with Crippen LogP contribution in [-0.2, 0) is 18.4 Å². The van der Waals surface area contributed by atoms with Gasteiger partial charge in [0.1, 0.15) is 13.2 Å². The zero-order valence-electron chi connectivity index (χ0n) is 47.5. The minimum absolute atomic E-state index is 0.0634. The number of nitrogens with zero attached hydrogens (tertiary/aromatic N) is 1. The van der Waals surface area contributed by atoms with Crippen molar-refractivity contribution in [3.8, 4) is 0 Å². The fourth-order valence-corrected chi connectivity index (χ4v) is 10.1. The number of unbranched alkanes of at least 4 members (excludes halogenated alkanes) is 42. The first-order chi connectivity index (χ1) is 34.0. The standard InChI is InChI=1S/C61H121N2O6P/c1-6-8-10-12-14-16-18-20-22-24-26-28-30-31-33-34-36-38-40-42-44-46-48-50-52-54-60(64)59(58-69-70(66,67)68-57-56-63(3,4)5)62-61(65)55-53-51-49-47-45-43-41-39-37-35-32-29-27-25-23-21-19-17-15-13-11-9-7-2/h25,27,52,54,59-60,64H,6-24,26,28-51,53,55-58H2,1-5H3,(H-,62,65,66,67)/p+1/b27-25-,54-52+. The molecule has 0 heterocycles. The molecule has 0 aromatic carbocycles. The average molecular weight is 1010 g/mol. The van der Waals surface area contributed by atoms with Crippen LogP contribution in [0.25, 0.3) is 0 Å². The van der Waals surface area contributed by atoms with Gasteiger partial charge in [0.2, 0.25) is 5.91 Å². The molecule has 1 amide bonds. The van der Waals surface area contributed by atoms with E-state index in [0.717, 1.165) is 32.1 Å². The lowest BCUT2D eigenvalue weighted by Gasteiger charge is -2.25. The number of rotatable bonds is 57. The summed E-state index contributed by atoms with van der Waals surface area (Å²) in [5.41, 5.74) is 0. The lowest BCUT2D eigenvalue weighted by atomic mass is 10.0. The first-order valence-electron chi connectivity index (χ1n) is 30.7. The van der Waals surface area contributed by atoms with Gasteiger partial charge >= 0.3 is 7.82 Å². The van der Waals surface area contributed by atoms with Gasteiger partial charge in [-0.05, 0) is 44.9 Å². The molecule has 3 atom stereocenters. The van der Waals surface area contributed by atoms with Gasteiger partial charge in [-0.3, -0.25) is 13.8 Å². The van der Waals surface area contributed by atoms with Gasteiger partial charge in [-0.15, -0.1) is 0 Å². The number of likely N-dealkylation sites (N-methyl/N-ethyl adjacent to an activating group) is 1. The van der Waals surface area contributed by atoms with E-state index in [1.165, 1.54) is 257 Å².